The number of hydrogen-bond donors (Lipinski definition) is 1. The summed E-state index contributed by atoms with van der Waals surface area (Å²) in [5.74, 6) is 1.63. The molecule has 1 rings (SSSR count). The van der Waals surface area contributed by atoms with Gasteiger partial charge in [-0.1, -0.05) is 0 Å². The third-order valence-electron chi connectivity index (χ3n) is 1.53. The summed E-state index contributed by atoms with van der Waals surface area (Å²) in [4.78, 5) is 8.40. The van der Waals surface area contributed by atoms with Gasteiger partial charge in [0.25, 0.3) is 0 Å². The van der Waals surface area contributed by atoms with E-state index in [-0.39, 0.29) is 5.38 Å². The first kappa shape index (κ1) is 10.3. The predicted molar refractivity (Wildman–Crippen MR) is 55.3 cm³/mol. The Balaban J connectivity index is 2.66. The summed E-state index contributed by atoms with van der Waals surface area (Å²) in [6.45, 7) is 6.49. The topological polar surface area (TPSA) is 37.8 Å². The lowest BCUT2D eigenvalue weighted by Gasteiger charge is -2.07. The van der Waals surface area contributed by atoms with E-state index in [0.29, 0.717) is 0 Å². The fourth-order valence-corrected chi connectivity index (χ4v) is 1.13. The number of rotatable bonds is 3. The van der Waals surface area contributed by atoms with Crippen LogP contribution >= 0.6 is 11.6 Å². The maximum absolute atomic E-state index is 5.80. The van der Waals surface area contributed by atoms with Gasteiger partial charge in [0.05, 0.1) is 0 Å². The van der Waals surface area contributed by atoms with Crippen LogP contribution in [0.2, 0.25) is 0 Å². The Morgan fingerprint density at radius 2 is 2.15 bits per heavy atom. The van der Waals surface area contributed by atoms with Crippen molar-refractivity contribution in [1.82, 2.24) is 9.97 Å². The molecule has 0 bridgehead atoms. The maximum atomic E-state index is 5.80. The van der Waals surface area contributed by atoms with E-state index in [9.17, 15) is 0 Å². The highest BCUT2D eigenvalue weighted by molar-refractivity contribution is 6.20. The number of nitrogens with one attached hydrogen (secondary N) is 1. The Morgan fingerprint density at radius 3 is 2.69 bits per heavy atom. The smallest absolute Gasteiger partial charge is 0.129 e. The van der Waals surface area contributed by atoms with Crippen molar-refractivity contribution >= 4 is 17.4 Å². The van der Waals surface area contributed by atoms with Crippen LogP contribution in [0.5, 0.6) is 0 Å². The van der Waals surface area contributed by atoms with Gasteiger partial charge in [-0.15, -0.1) is 11.6 Å². The quantitative estimate of drug-likeness (QED) is 0.758. The highest BCUT2D eigenvalue weighted by Gasteiger charge is 1.99. The molecule has 1 heterocycles. The van der Waals surface area contributed by atoms with Gasteiger partial charge < -0.3 is 5.32 Å². The zero-order valence-electron chi connectivity index (χ0n) is 8.13. The summed E-state index contributed by atoms with van der Waals surface area (Å²) >= 11 is 5.80. The van der Waals surface area contributed by atoms with Crippen molar-refractivity contribution in [1.29, 1.82) is 0 Å². The molecule has 72 valence electrons. The maximum Gasteiger partial charge on any atom is 0.129 e. The van der Waals surface area contributed by atoms with Crippen molar-refractivity contribution in [3.63, 3.8) is 0 Å². The molecule has 0 aromatic carbocycles. The molecule has 1 aromatic rings. The predicted octanol–water partition coefficient (Wildman–Crippen LogP) is 2.13. The fraction of sp³-hybridized carbons (Fsp3) is 0.556. The molecule has 1 N–H and O–H groups in total. The lowest BCUT2D eigenvalue weighted by atomic mass is 10.4. The SMILES string of the molecule is Cc1cc(NCC(C)Cl)nc(C)n1. The fourth-order valence-electron chi connectivity index (χ4n) is 1.05. The molecule has 13 heavy (non-hydrogen) atoms. The summed E-state index contributed by atoms with van der Waals surface area (Å²) in [7, 11) is 0. The second-order valence-electron chi connectivity index (χ2n) is 3.10. The molecular weight excluding hydrogens is 186 g/mol. The van der Waals surface area contributed by atoms with Gasteiger partial charge in [-0.25, -0.2) is 9.97 Å². The second kappa shape index (κ2) is 4.42. The van der Waals surface area contributed by atoms with Gasteiger partial charge in [0.2, 0.25) is 0 Å². The van der Waals surface area contributed by atoms with E-state index in [4.69, 9.17) is 11.6 Å². The van der Waals surface area contributed by atoms with Crippen molar-refractivity contribution in [3.05, 3.63) is 17.6 Å². The third-order valence-corrected chi connectivity index (χ3v) is 1.68. The summed E-state index contributed by atoms with van der Waals surface area (Å²) in [5.41, 5.74) is 0.970. The average molecular weight is 200 g/mol. The van der Waals surface area contributed by atoms with E-state index < -0.39 is 0 Å². The number of alkyl halides is 1. The largest absolute Gasteiger partial charge is 0.368 e. The second-order valence-corrected chi connectivity index (χ2v) is 3.85. The molecule has 0 aliphatic rings. The highest BCUT2D eigenvalue weighted by Crippen LogP contribution is 2.06. The van der Waals surface area contributed by atoms with E-state index in [1.807, 2.05) is 26.8 Å². The average Bonchev–Trinajstić information content (AvgIpc) is 1.99. The molecule has 0 radical (unpaired) electrons. The summed E-state index contributed by atoms with van der Waals surface area (Å²) in [6.07, 6.45) is 0. The lowest BCUT2D eigenvalue weighted by molar-refractivity contribution is 0.951. The van der Waals surface area contributed by atoms with Crippen molar-refractivity contribution in [2.45, 2.75) is 26.1 Å². The molecule has 0 saturated carbocycles. The van der Waals surface area contributed by atoms with Crippen molar-refractivity contribution < 1.29 is 0 Å². The van der Waals surface area contributed by atoms with Gasteiger partial charge in [0, 0.05) is 23.7 Å². The van der Waals surface area contributed by atoms with Crippen LogP contribution in [0.15, 0.2) is 6.07 Å². The lowest BCUT2D eigenvalue weighted by Crippen LogP contribution is -2.12. The van der Waals surface area contributed by atoms with Crippen molar-refractivity contribution in [2.75, 3.05) is 11.9 Å². The van der Waals surface area contributed by atoms with Gasteiger partial charge in [-0.2, -0.15) is 0 Å². The van der Waals surface area contributed by atoms with E-state index in [1.165, 1.54) is 0 Å². The number of aromatic nitrogens is 2. The number of nitrogens with zero attached hydrogens (tertiary/aromatic N) is 2. The Hall–Kier alpha value is -0.830. The van der Waals surface area contributed by atoms with Crippen molar-refractivity contribution in [2.24, 2.45) is 0 Å². The molecular formula is C9H14ClN3. The van der Waals surface area contributed by atoms with E-state index in [0.717, 1.165) is 23.9 Å². The molecule has 0 aliphatic carbocycles. The molecule has 3 nitrogen and oxygen atoms in total. The van der Waals surface area contributed by atoms with Gasteiger partial charge in [-0.05, 0) is 20.8 Å². The molecule has 1 aromatic heterocycles. The summed E-state index contributed by atoms with van der Waals surface area (Å²) in [6, 6.07) is 1.91. The zero-order chi connectivity index (χ0) is 9.84. The summed E-state index contributed by atoms with van der Waals surface area (Å²) < 4.78 is 0. The van der Waals surface area contributed by atoms with Crippen LogP contribution in [0.4, 0.5) is 5.82 Å². The number of aryl methyl sites for hydroxylation is 2. The number of hydrogen-bond acceptors (Lipinski definition) is 3. The number of halogens is 1. The first-order chi connectivity index (χ1) is 6.08. The number of anilines is 1. The van der Waals surface area contributed by atoms with Gasteiger partial charge in [0.15, 0.2) is 0 Å². The van der Waals surface area contributed by atoms with Crippen LogP contribution in [0, 0.1) is 13.8 Å². The minimum Gasteiger partial charge on any atom is -0.368 e. The van der Waals surface area contributed by atoms with Gasteiger partial charge >= 0.3 is 0 Å². The molecule has 1 unspecified atom stereocenters. The Bertz CT molecular complexity index is 266. The first-order valence-corrected chi connectivity index (χ1v) is 4.72. The molecule has 0 aliphatic heterocycles. The monoisotopic (exact) mass is 199 g/mol. The van der Waals surface area contributed by atoms with Crippen LogP contribution in [-0.4, -0.2) is 21.9 Å². The van der Waals surface area contributed by atoms with E-state index in [1.54, 1.807) is 0 Å². The van der Waals surface area contributed by atoms with Crippen LogP contribution < -0.4 is 5.32 Å². The minimum absolute atomic E-state index is 0.107. The molecule has 0 spiro atoms. The van der Waals surface area contributed by atoms with Crippen LogP contribution in [0.3, 0.4) is 0 Å². The normalized spacial score (nSPS) is 12.6. The molecule has 0 fully saturated rings. The zero-order valence-corrected chi connectivity index (χ0v) is 8.89. The van der Waals surface area contributed by atoms with E-state index in [2.05, 4.69) is 15.3 Å². The highest BCUT2D eigenvalue weighted by atomic mass is 35.5. The molecule has 0 amide bonds. The standard InChI is InChI=1S/C9H14ClN3/c1-6(10)5-11-9-4-7(2)12-8(3)13-9/h4,6H,5H2,1-3H3,(H,11,12,13). The Labute approximate surface area is 83.5 Å². The van der Waals surface area contributed by atoms with Gasteiger partial charge in [-0.3, -0.25) is 0 Å². The van der Waals surface area contributed by atoms with Gasteiger partial charge in [0.1, 0.15) is 11.6 Å². The van der Waals surface area contributed by atoms with E-state index >= 15 is 0 Å². The van der Waals surface area contributed by atoms with Crippen LogP contribution in [0.1, 0.15) is 18.4 Å². The third kappa shape index (κ3) is 3.59. The first-order valence-electron chi connectivity index (χ1n) is 4.28. The Morgan fingerprint density at radius 1 is 1.46 bits per heavy atom. The summed E-state index contributed by atoms with van der Waals surface area (Å²) in [5, 5.41) is 3.25. The Kier molecular flexibility index (Phi) is 3.48. The van der Waals surface area contributed by atoms with Crippen LogP contribution in [0.25, 0.3) is 0 Å². The van der Waals surface area contributed by atoms with Crippen LogP contribution in [-0.2, 0) is 0 Å². The molecule has 0 saturated heterocycles. The molecule has 4 heteroatoms. The molecule has 1 atom stereocenters. The minimum atomic E-state index is 0.107. The van der Waals surface area contributed by atoms with Crippen molar-refractivity contribution in [3.8, 4) is 0 Å².